The predicted octanol–water partition coefficient (Wildman–Crippen LogP) is 3.73. The van der Waals surface area contributed by atoms with Crippen molar-refractivity contribution in [2.45, 2.75) is 84.7 Å². The molecule has 104 valence electrons. The number of hydrogen-bond acceptors (Lipinski definition) is 2. The van der Waals surface area contributed by atoms with Crippen molar-refractivity contribution in [1.82, 2.24) is 5.32 Å². The van der Waals surface area contributed by atoms with E-state index in [0.29, 0.717) is 12.0 Å². The van der Waals surface area contributed by atoms with Crippen LogP contribution >= 0.6 is 0 Å². The first kappa shape index (κ1) is 16.9. The van der Waals surface area contributed by atoms with E-state index < -0.39 is 0 Å². The first-order valence-electron chi connectivity index (χ1n) is 7.47. The molecule has 0 aromatic carbocycles. The molecule has 0 aliphatic heterocycles. The van der Waals surface area contributed by atoms with Gasteiger partial charge in [-0.05, 0) is 25.7 Å². The van der Waals surface area contributed by atoms with E-state index in [1.54, 1.807) is 0 Å². The zero-order chi connectivity index (χ0) is 13.1. The van der Waals surface area contributed by atoms with Gasteiger partial charge in [-0.3, -0.25) is 0 Å². The van der Waals surface area contributed by atoms with Crippen LogP contribution in [0, 0.1) is 5.92 Å². The Morgan fingerprint density at radius 3 is 2.18 bits per heavy atom. The molecule has 2 heteroatoms. The van der Waals surface area contributed by atoms with Gasteiger partial charge < -0.3 is 10.4 Å². The number of rotatable bonds is 11. The summed E-state index contributed by atoms with van der Waals surface area (Å²) in [5, 5.41) is 12.8. The minimum absolute atomic E-state index is 0.262. The van der Waals surface area contributed by atoms with Crippen LogP contribution in [-0.2, 0) is 0 Å². The van der Waals surface area contributed by atoms with Crippen molar-refractivity contribution in [1.29, 1.82) is 0 Å². The topological polar surface area (TPSA) is 32.3 Å². The summed E-state index contributed by atoms with van der Waals surface area (Å²) < 4.78 is 0. The van der Waals surface area contributed by atoms with Gasteiger partial charge in [-0.25, -0.2) is 0 Å². The summed E-state index contributed by atoms with van der Waals surface area (Å²) in [4.78, 5) is 0. The smallest absolute Gasteiger partial charge is 0.0584 e. The third kappa shape index (κ3) is 10.8. The van der Waals surface area contributed by atoms with Gasteiger partial charge in [0.25, 0.3) is 0 Å². The normalized spacial score (nSPS) is 15.2. The van der Waals surface area contributed by atoms with Crippen molar-refractivity contribution >= 4 is 0 Å². The van der Waals surface area contributed by atoms with Gasteiger partial charge in [0.15, 0.2) is 0 Å². The number of unbranched alkanes of at least 4 members (excludes halogenated alkanes) is 4. The Hall–Kier alpha value is -0.0800. The third-order valence-corrected chi connectivity index (χ3v) is 3.24. The highest BCUT2D eigenvalue weighted by Crippen LogP contribution is 2.09. The average Bonchev–Trinajstić information content (AvgIpc) is 2.27. The molecular weight excluding hydrogens is 210 g/mol. The lowest BCUT2D eigenvalue weighted by Gasteiger charge is -2.23. The van der Waals surface area contributed by atoms with Crippen molar-refractivity contribution in [3.05, 3.63) is 0 Å². The molecule has 17 heavy (non-hydrogen) atoms. The summed E-state index contributed by atoms with van der Waals surface area (Å²) in [7, 11) is 0. The molecule has 0 saturated heterocycles. The third-order valence-electron chi connectivity index (χ3n) is 3.24. The van der Waals surface area contributed by atoms with Gasteiger partial charge in [0, 0.05) is 12.1 Å². The van der Waals surface area contributed by atoms with Gasteiger partial charge in [-0.2, -0.15) is 0 Å². The summed E-state index contributed by atoms with van der Waals surface area (Å²) in [6.45, 7) is 9.17. The van der Waals surface area contributed by atoms with Crippen LogP contribution in [0.25, 0.3) is 0 Å². The minimum atomic E-state index is 0.262. The van der Waals surface area contributed by atoms with Crippen LogP contribution < -0.4 is 5.32 Å². The fraction of sp³-hybridized carbons (Fsp3) is 1.00. The second-order valence-corrected chi connectivity index (χ2v) is 5.78. The Bertz CT molecular complexity index is 159. The maximum atomic E-state index is 9.30. The Balaban J connectivity index is 3.57. The van der Waals surface area contributed by atoms with Crippen LogP contribution in [0.4, 0.5) is 0 Å². The largest absolute Gasteiger partial charge is 0.395 e. The van der Waals surface area contributed by atoms with E-state index in [0.717, 1.165) is 6.42 Å². The van der Waals surface area contributed by atoms with E-state index in [1.807, 2.05) is 0 Å². The Morgan fingerprint density at radius 1 is 1.00 bits per heavy atom. The van der Waals surface area contributed by atoms with Crippen molar-refractivity contribution in [2.24, 2.45) is 5.92 Å². The molecule has 0 amide bonds. The number of hydrogen-bond donors (Lipinski definition) is 2. The zero-order valence-electron chi connectivity index (χ0n) is 12.3. The fourth-order valence-corrected chi connectivity index (χ4v) is 2.30. The van der Waals surface area contributed by atoms with E-state index in [-0.39, 0.29) is 12.6 Å². The van der Waals surface area contributed by atoms with Crippen LogP contribution in [0.2, 0.25) is 0 Å². The highest BCUT2D eigenvalue weighted by Gasteiger charge is 2.12. The quantitative estimate of drug-likeness (QED) is 0.542. The van der Waals surface area contributed by atoms with E-state index in [9.17, 15) is 5.11 Å². The van der Waals surface area contributed by atoms with E-state index in [2.05, 4.69) is 33.0 Å². The van der Waals surface area contributed by atoms with Crippen molar-refractivity contribution < 1.29 is 5.11 Å². The molecule has 0 radical (unpaired) electrons. The molecule has 0 heterocycles. The number of aliphatic hydroxyl groups excluding tert-OH is 1. The lowest BCUT2D eigenvalue weighted by Crippen LogP contribution is -2.39. The SMILES string of the molecule is CCCCCCCC(C)NC(CO)CC(C)C. The van der Waals surface area contributed by atoms with E-state index in [1.165, 1.54) is 38.5 Å². The summed E-state index contributed by atoms with van der Waals surface area (Å²) in [6, 6.07) is 0.813. The first-order chi connectivity index (χ1) is 8.10. The second-order valence-electron chi connectivity index (χ2n) is 5.78. The van der Waals surface area contributed by atoms with Gasteiger partial charge in [-0.1, -0.05) is 52.9 Å². The monoisotopic (exact) mass is 243 g/mol. The lowest BCUT2D eigenvalue weighted by atomic mass is 10.0. The van der Waals surface area contributed by atoms with Crippen molar-refractivity contribution in [3.63, 3.8) is 0 Å². The molecule has 0 bridgehead atoms. The Kier molecular flexibility index (Phi) is 11.0. The molecular formula is C15H33NO. The maximum Gasteiger partial charge on any atom is 0.0584 e. The standard InChI is InChI=1S/C15H33NO/c1-5-6-7-8-9-10-14(4)16-15(12-17)11-13(2)3/h13-17H,5-12H2,1-4H3. The molecule has 0 aromatic rings. The molecule has 0 aromatic heterocycles. The highest BCUT2D eigenvalue weighted by molar-refractivity contribution is 4.72. The second kappa shape index (κ2) is 11.0. The molecule has 0 spiro atoms. The first-order valence-corrected chi connectivity index (χ1v) is 7.47. The Morgan fingerprint density at radius 2 is 1.65 bits per heavy atom. The number of aliphatic hydroxyl groups is 1. The molecule has 0 aliphatic carbocycles. The highest BCUT2D eigenvalue weighted by atomic mass is 16.3. The van der Waals surface area contributed by atoms with Crippen molar-refractivity contribution in [2.75, 3.05) is 6.61 Å². The fourth-order valence-electron chi connectivity index (χ4n) is 2.30. The van der Waals surface area contributed by atoms with Gasteiger partial charge in [0.2, 0.25) is 0 Å². The molecule has 0 aliphatic rings. The summed E-state index contributed by atoms with van der Waals surface area (Å²) in [5.41, 5.74) is 0. The van der Waals surface area contributed by atoms with Crippen LogP contribution in [0.1, 0.15) is 72.6 Å². The van der Waals surface area contributed by atoms with Crippen molar-refractivity contribution in [3.8, 4) is 0 Å². The summed E-state index contributed by atoms with van der Waals surface area (Å²) in [6.07, 6.45) is 9.03. The van der Waals surface area contributed by atoms with E-state index in [4.69, 9.17) is 0 Å². The molecule has 0 rings (SSSR count). The molecule has 2 N–H and O–H groups in total. The van der Waals surface area contributed by atoms with Crippen LogP contribution in [0.5, 0.6) is 0 Å². The van der Waals surface area contributed by atoms with Gasteiger partial charge in [0.1, 0.15) is 0 Å². The predicted molar refractivity (Wildman–Crippen MR) is 76.3 cm³/mol. The molecule has 0 fully saturated rings. The molecule has 2 atom stereocenters. The minimum Gasteiger partial charge on any atom is -0.395 e. The average molecular weight is 243 g/mol. The molecule has 2 nitrogen and oxygen atoms in total. The van der Waals surface area contributed by atoms with Gasteiger partial charge in [0.05, 0.1) is 6.61 Å². The Labute approximate surface area is 108 Å². The summed E-state index contributed by atoms with van der Waals surface area (Å²) >= 11 is 0. The van der Waals surface area contributed by atoms with Crippen LogP contribution in [0.3, 0.4) is 0 Å². The van der Waals surface area contributed by atoms with Crippen LogP contribution in [0.15, 0.2) is 0 Å². The van der Waals surface area contributed by atoms with Gasteiger partial charge >= 0.3 is 0 Å². The lowest BCUT2D eigenvalue weighted by molar-refractivity contribution is 0.212. The van der Waals surface area contributed by atoms with Crippen LogP contribution in [-0.4, -0.2) is 23.8 Å². The molecule has 0 saturated carbocycles. The van der Waals surface area contributed by atoms with E-state index >= 15 is 0 Å². The number of nitrogens with one attached hydrogen (secondary N) is 1. The summed E-state index contributed by atoms with van der Waals surface area (Å²) in [5.74, 6) is 0.649. The van der Waals surface area contributed by atoms with Gasteiger partial charge in [-0.15, -0.1) is 0 Å². The molecule has 2 unspecified atom stereocenters. The maximum absolute atomic E-state index is 9.30. The zero-order valence-corrected chi connectivity index (χ0v) is 12.3.